The third-order valence-corrected chi connectivity index (χ3v) is 4.12. The molecule has 20 heavy (non-hydrogen) atoms. The minimum Gasteiger partial charge on any atom is -0.397 e. The maximum atomic E-state index is 6.19. The first-order valence-electron chi connectivity index (χ1n) is 6.96. The fourth-order valence-electron chi connectivity index (χ4n) is 3.22. The molecular weight excluding hydrogens is 244 g/mol. The van der Waals surface area contributed by atoms with Crippen molar-refractivity contribution in [2.75, 3.05) is 10.6 Å². The van der Waals surface area contributed by atoms with Crippen LogP contribution >= 0.6 is 0 Å². The topological polar surface area (TPSA) is 29.3 Å². The third-order valence-electron chi connectivity index (χ3n) is 4.12. The number of hydrogen-bond acceptors (Lipinski definition) is 2. The van der Waals surface area contributed by atoms with Gasteiger partial charge in [-0.15, -0.1) is 0 Å². The maximum absolute atomic E-state index is 6.19. The molecule has 2 aliphatic rings. The average Bonchev–Trinajstić information content (AvgIpc) is 2.83. The molecule has 2 aromatic carbocycles. The van der Waals surface area contributed by atoms with Crippen molar-refractivity contribution < 1.29 is 0 Å². The van der Waals surface area contributed by atoms with Crippen LogP contribution in [0.5, 0.6) is 0 Å². The van der Waals surface area contributed by atoms with Gasteiger partial charge in [0.1, 0.15) is 0 Å². The first-order valence-corrected chi connectivity index (χ1v) is 6.96. The molecule has 0 aromatic heterocycles. The number of hydrogen-bond donors (Lipinski definition) is 1. The summed E-state index contributed by atoms with van der Waals surface area (Å²) in [4.78, 5) is 2.30. The Morgan fingerprint density at radius 3 is 2.55 bits per heavy atom. The second-order valence-electron chi connectivity index (χ2n) is 5.26. The monoisotopic (exact) mass is 260 g/mol. The summed E-state index contributed by atoms with van der Waals surface area (Å²) in [5, 5.41) is 0. The normalized spacial score (nSPS) is 19.5. The highest BCUT2D eigenvalue weighted by Gasteiger charge is 2.34. The number of para-hydroxylation sites is 3. The quantitative estimate of drug-likeness (QED) is 0.772. The van der Waals surface area contributed by atoms with Crippen LogP contribution in [0.2, 0.25) is 0 Å². The first-order chi connectivity index (χ1) is 9.86. The fourth-order valence-corrected chi connectivity index (χ4v) is 3.22. The lowest BCUT2D eigenvalue weighted by atomic mass is 9.92. The Hall–Kier alpha value is -2.48. The number of allylic oxidation sites excluding steroid dienone is 4. The molecule has 2 heteroatoms. The largest absolute Gasteiger partial charge is 0.397 e. The van der Waals surface area contributed by atoms with Gasteiger partial charge in [0.25, 0.3) is 0 Å². The van der Waals surface area contributed by atoms with Crippen LogP contribution < -0.4 is 10.6 Å². The van der Waals surface area contributed by atoms with E-state index in [4.69, 9.17) is 5.73 Å². The molecule has 1 aliphatic heterocycles. The lowest BCUT2D eigenvalue weighted by molar-refractivity contribution is 0.820. The van der Waals surface area contributed by atoms with Crippen molar-refractivity contribution in [2.24, 2.45) is 0 Å². The molecule has 0 spiro atoms. The summed E-state index contributed by atoms with van der Waals surface area (Å²) in [6.07, 6.45) is 7.65. The molecular formula is C18H16N2. The molecule has 1 atom stereocenters. The summed E-state index contributed by atoms with van der Waals surface area (Å²) < 4.78 is 0. The number of fused-ring (bicyclic) bond motifs is 3. The van der Waals surface area contributed by atoms with Crippen LogP contribution in [0.15, 0.2) is 72.5 Å². The number of nitrogens with zero attached hydrogens (tertiary/aromatic N) is 1. The van der Waals surface area contributed by atoms with Crippen LogP contribution in [-0.4, -0.2) is 0 Å². The molecule has 0 saturated carbocycles. The van der Waals surface area contributed by atoms with Crippen LogP contribution in [0.25, 0.3) is 0 Å². The van der Waals surface area contributed by atoms with Gasteiger partial charge >= 0.3 is 0 Å². The van der Waals surface area contributed by atoms with E-state index in [0.29, 0.717) is 5.92 Å². The van der Waals surface area contributed by atoms with Gasteiger partial charge in [-0.25, -0.2) is 0 Å². The van der Waals surface area contributed by atoms with Gasteiger partial charge in [0.2, 0.25) is 0 Å². The SMILES string of the molecule is Nc1ccccc1N1C2=CC=CCC2c2ccccc21. The van der Waals surface area contributed by atoms with Crippen molar-refractivity contribution in [3.8, 4) is 0 Å². The van der Waals surface area contributed by atoms with Crippen LogP contribution in [0.1, 0.15) is 17.9 Å². The van der Waals surface area contributed by atoms with Gasteiger partial charge in [-0.05, 0) is 36.3 Å². The zero-order chi connectivity index (χ0) is 13.5. The smallest absolute Gasteiger partial charge is 0.0688 e. The van der Waals surface area contributed by atoms with Gasteiger partial charge in [0.15, 0.2) is 0 Å². The van der Waals surface area contributed by atoms with E-state index in [-0.39, 0.29) is 0 Å². The van der Waals surface area contributed by atoms with Crippen LogP contribution in [0, 0.1) is 0 Å². The summed E-state index contributed by atoms with van der Waals surface area (Å²) in [5.41, 5.74) is 12.1. The van der Waals surface area contributed by atoms with Crippen LogP contribution in [0.4, 0.5) is 17.1 Å². The van der Waals surface area contributed by atoms with Crippen molar-refractivity contribution in [1.82, 2.24) is 0 Å². The van der Waals surface area contributed by atoms with E-state index in [9.17, 15) is 0 Å². The van der Waals surface area contributed by atoms with E-state index < -0.39 is 0 Å². The van der Waals surface area contributed by atoms with E-state index in [0.717, 1.165) is 17.8 Å². The minimum atomic E-state index is 0.454. The Labute approximate surface area is 118 Å². The number of rotatable bonds is 1. The molecule has 1 heterocycles. The molecule has 2 nitrogen and oxygen atoms in total. The molecule has 1 aliphatic carbocycles. The summed E-state index contributed by atoms with van der Waals surface area (Å²) >= 11 is 0. The lowest BCUT2D eigenvalue weighted by Crippen LogP contribution is -2.15. The molecule has 0 fully saturated rings. The Bertz CT molecular complexity index is 728. The second kappa shape index (κ2) is 4.27. The van der Waals surface area contributed by atoms with Gasteiger partial charge in [0.05, 0.1) is 11.4 Å². The van der Waals surface area contributed by atoms with E-state index in [2.05, 4.69) is 53.5 Å². The minimum absolute atomic E-state index is 0.454. The highest BCUT2D eigenvalue weighted by molar-refractivity contribution is 5.84. The number of nitrogens with two attached hydrogens (primary N) is 1. The molecule has 0 saturated heterocycles. The molecule has 98 valence electrons. The summed E-state index contributed by atoms with van der Waals surface area (Å²) in [5.74, 6) is 0.454. The van der Waals surface area contributed by atoms with Crippen molar-refractivity contribution in [1.29, 1.82) is 0 Å². The predicted molar refractivity (Wildman–Crippen MR) is 84.0 cm³/mol. The lowest BCUT2D eigenvalue weighted by Gasteiger charge is -2.25. The Kier molecular flexibility index (Phi) is 2.43. The summed E-state index contributed by atoms with van der Waals surface area (Å²) in [6, 6.07) is 16.7. The van der Waals surface area contributed by atoms with E-state index in [1.165, 1.54) is 16.9 Å². The number of anilines is 3. The van der Waals surface area contributed by atoms with Crippen molar-refractivity contribution in [3.63, 3.8) is 0 Å². The predicted octanol–water partition coefficient (Wildman–Crippen LogP) is 4.35. The fraction of sp³-hybridized carbons (Fsp3) is 0.111. The zero-order valence-corrected chi connectivity index (χ0v) is 11.2. The summed E-state index contributed by atoms with van der Waals surface area (Å²) in [7, 11) is 0. The van der Waals surface area contributed by atoms with E-state index in [1.54, 1.807) is 0 Å². The number of nitrogen functional groups attached to an aromatic ring is 1. The van der Waals surface area contributed by atoms with Gasteiger partial charge < -0.3 is 10.6 Å². The van der Waals surface area contributed by atoms with Crippen molar-refractivity contribution in [3.05, 3.63) is 78.0 Å². The Morgan fingerprint density at radius 2 is 1.70 bits per heavy atom. The molecule has 1 unspecified atom stereocenters. The molecule has 0 radical (unpaired) electrons. The first kappa shape index (κ1) is 11.4. The molecule has 0 bridgehead atoms. The highest BCUT2D eigenvalue weighted by atomic mass is 15.2. The standard InChI is InChI=1S/C18H16N2/c19-15-9-3-6-12-18(15)20-16-10-4-1-7-13(16)14-8-2-5-11-17(14)20/h1-7,9-12,14H,8,19H2. The molecule has 0 amide bonds. The van der Waals surface area contributed by atoms with Gasteiger partial charge in [-0.2, -0.15) is 0 Å². The third kappa shape index (κ3) is 1.51. The average molecular weight is 260 g/mol. The Morgan fingerprint density at radius 1 is 0.950 bits per heavy atom. The molecule has 2 N–H and O–H groups in total. The number of benzene rings is 2. The molecule has 4 rings (SSSR count). The van der Waals surface area contributed by atoms with Crippen molar-refractivity contribution in [2.45, 2.75) is 12.3 Å². The van der Waals surface area contributed by atoms with E-state index >= 15 is 0 Å². The zero-order valence-electron chi connectivity index (χ0n) is 11.2. The van der Waals surface area contributed by atoms with Gasteiger partial charge in [0, 0.05) is 17.3 Å². The highest BCUT2D eigenvalue weighted by Crippen LogP contribution is 2.51. The summed E-state index contributed by atoms with van der Waals surface area (Å²) in [6.45, 7) is 0. The van der Waals surface area contributed by atoms with Crippen LogP contribution in [-0.2, 0) is 0 Å². The van der Waals surface area contributed by atoms with Gasteiger partial charge in [-0.3, -0.25) is 0 Å². The second-order valence-corrected chi connectivity index (χ2v) is 5.26. The van der Waals surface area contributed by atoms with Crippen LogP contribution in [0.3, 0.4) is 0 Å². The van der Waals surface area contributed by atoms with Gasteiger partial charge in [-0.1, -0.05) is 42.5 Å². The molecule has 2 aromatic rings. The maximum Gasteiger partial charge on any atom is 0.0688 e. The Balaban J connectivity index is 1.96. The van der Waals surface area contributed by atoms with E-state index in [1.807, 2.05) is 18.2 Å². The van der Waals surface area contributed by atoms with Crippen molar-refractivity contribution >= 4 is 17.1 Å².